The topological polar surface area (TPSA) is 94.2 Å². The third-order valence-electron chi connectivity index (χ3n) is 3.69. The molecule has 1 fully saturated rings. The Balaban J connectivity index is 1.43. The van der Waals surface area contributed by atoms with Crippen molar-refractivity contribution < 1.29 is 4.79 Å². The lowest BCUT2D eigenvalue weighted by atomic mass is 10.3. The third kappa shape index (κ3) is 4.14. The number of thiazole rings is 1. The number of hydrogen-bond donors (Lipinski definition) is 2. The van der Waals surface area contributed by atoms with Crippen molar-refractivity contribution in [2.24, 2.45) is 0 Å². The van der Waals surface area contributed by atoms with Crippen LogP contribution in [0.1, 0.15) is 6.42 Å². The highest BCUT2D eigenvalue weighted by atomic mass is 32.1. The molecule has 0 bridgehead atoms. The fraction of sp³-hybridized carbons (Fsp3) is 0.429. The summed E-state index contributed by atoms with van der Waals surface area (Å²) in [4.78, 5) is 38.6. The van der Waals surface area contributed by atoms with Gasteiger partial charge in [0, 0.05) is 63.1 Å². The first-order valence-corrected chi connectivity index (χ1v) is 8.30. The van der Waals surface area contributed by atoms with E-state index in [1.54, 1.807) is 12.4 Å². The van der Waals surface area contributed by atoms with Crippen molar-refractivity contribution in [3.8, 4) is 0 Å². The van der Waals surface area contributed by atoms with Crippen molar-refractivity contribution in [3.05, 3.63) is 34.3 Å². The number of hydrogen-bond acceptors (Lipinski definition) is 7. The molecule has 2 aromatic rings. The molecule has 8 nitrogen and oxygen atoms in total. The summed E-state index contributed by atoms with van der Waals surface area (Å²) < 4.78 is 0. The van der Waals surface area contributed by atoms with E-state index in [4.69, 9.17) is 0 Å². The predicted octanol–water partition coefficient (Wildman–Crippen LogP) is 0.377. The fourth-order valence-electron chi connectivity index (χ4n) is 2.48. The second kappa shape index (κ2) is 7.34. The minimum Gasteiger partial charge on any atom is -0.349 e. The van der Waals surface area contributed by atoms with Crippen LogP contribution in [0.15, 0.2) is 28.8 Å². The van der Waals surface area contributed by atoms with Crippen LogP contribution in [-0.4, -0.2) is 58.5 Å². The number of aromatic nitrogens is 3. The zero-order valence-corrected chi connectivity index (χ0v) is 13.4. The maximum absolute atomic E-state index is 11.8. The molecule has 0 unspecified atom stereocenters. The predicted molar refractivity (Wildman–Crippen MR) is 88.9 cm³/mol. The summed E-state index contributed by atoms with van der Waals surface area (Å²) in [6, 6.07) is 0. The number of H-pyrrole nitrogens is 1. The highest BCUT2D eigenvalue weighted by Crippen LogP contribution is 2.11. The second-order valence-corrected chi connectivity index (χ2v) is 6.10. The molecule has 9 heteroatoms. The average molecular weight is 334 g/mol. The van der Waals surface area contributed by atoms with Crippen LogP contribution in [0.25, 0.3) is 0 Å². The average Bonchev–Trinajstić information content (AvgIpc) is 3.07. The van der Waals surface area contributed by atoms with Gasteiger partial charge in [0.05, 0.1) is 0 Å². The monoisotopic (exact) mass is 334 g/mol. The van der Waals surface area contributed by atoms with Crippen molar-refractivity contribution in [3.63, 3.8) is 0 Å². The maximum Gasteiger partial charge on any atom is 0.290 e. The highest BCUT2D eigenvalue weighted by molar-refractivity contribution is 7.13. The first-order valence-electron chi connectivity index (χ1n) is 7.43. The molecule has 23 heavy (non-hydrogen) atoms. The van der Waals surface area contributed by atoms with E-state index in [1.807, 2.05) is 10.3 Å². The highest BCUT2D eigenvalue weighted by Gasteiger charge is 2.20. The van der Waals surface area contributed by atoms with Crippen molar-refractivity contribution in [1.29, 1.82) is 0 Å². The Morgan fingerprint density at radius 2 is 2.09 bits per heavy atom. The summed E-state index contributed by atoms with van der Waals surface area (Å²) in [6.07, 6.45) is 5.22. The van der Waals surface area contributed by atoms with Gasteiger partial charge in [0.15, 0.2) is 10.9 Å². The summed E-state index contributed by atoms with van der Waals surface area (Å²) in [5, 5.41) is 5.24. The van der Waals surface area contributed by atoms with Crippen LogP contribution >= 0.6 is 11.3 Å². The summed E-state index contributed by atoms with van der Waals surface area (Å²) >= 11 is 1.41. The Bertz CT molecular complexity index is 693. The number of piperazine rings is 1. The molecule has 0 aromatic carbocycles. The van der Waals surface area contributed by atoms with Crippen molar-refractivity contribution in [2.75, 3.05) is 42.9 Å². The maximum atomic E-state index is 11.8. The largest absolute Gasteiger partial charge is 0.349 e. The number of nitrogens with zero attached hydrogens (tertiary/aromatic N) is 4. The van der Waals surface area contributed by atoms with E-state index in [2.05, 4.69) is 25.2 Å². The quantitative estimate of drug-likeness (QED) is 0.821. The molecule has 1 aliphatic rings. The Morgan fingerprint density at radius 3 is 2.78 bits per heavy atom. The first-order chi connectivity index (χ1) is 11.2. The number of aromatic amines is 1. The molecule has 0 radical (unpaired) electrons. The summed E-state index contributed by atoms with van der Waals surface area (Å²) in [7, 11) is 0. The number of carbonyl (C=O) groups excluding carboxylic acids is 1. The number of anilines is 2. The van der Waals surface area contributed by atoms with E-state index >= 15 is 0 Å². The summed E-state index contributed by atoms with van der Waals surface area (Å²) in [5.74, 6) is 0.442. The van der Waals surface area contributed by atoms with E-state index in [0.29, 0.717) is 23.9 Å². The van der Waals surface area contributed by atoms with E-state index in [9.17, 15) is 9.59 Å². The standard InChI is InChI=1S/C14H18N6O2S/c21-11(18-14-17-4-10-23-14)1-5-19-6-8-20(9-7-19)12-13(22)16-3-2-15-12/h2-4,10H,1,5-9H2,(H,16,22)(H,17,18,21). The van der Waals surface area contributed by atoms with E-state index in [0.717, 1.165) is 26.2 Å². The molecule has 1 saturated heterocycles. The number of nitrogens with one attached hydrogen (secondary N) is 2. The van der Waals surface area contributed by atoms with Crippen LogP contribution in [-0.2, 0) is 4.79 Å². The molecule has 122 valence electrons. The van der Waals surface area contributed by atoms with Crippen molar-refractivity contribution in [1.82, 2.24) is 19.9 Å². The van der Waals surface area contributed by atoms with Gasteiger partial charge < -0.3 is 15.2 Å². The van der Waals surface area contributed by atoms with Gasteiger partial charge >= 0.3 is 0 Å². The zero-order valence-electron chi connectivity index (χ0n) is 12.6. The Hall–Kier alpha value is -2.26. The number of rotatable bonds is 5. The molecule has 1 amide bonds. The van der Waals surface area contributed by atoms with Gasteiger partial charge in [-0.05, 0) is 0 Å². The van der Waals surface area contributed by atoms with Gasteiger partial charge in [-0.15, -0.1) is 11.3 Å². The fourth-order valence-corrected chi connectivity index (χ4v) is 3.02. The van der Waals surface area contributed by atoms with Crippen LogP contribution in [0.5, 0.6) is 0 Å². The van der Waals surface area contributed by atoms with Gasteiger partial charge in [-0.25, -0.2) is 9.97 Å². The zero-order chi connectivity index (χ0) is 16.1. The Labute approximate surface area is 137 Å². The molecule has 0 aliphatic carbocycles. The Morgan fingerprint density at radius 1 is 1.26 bits per heavy atom. The second-order valence-electron chi connectivity index (χ2n) is 5.21. The Kier molecular flexibility index (Phi) is 4.99. The van der Waals surface area contributed by atoms with Gasteiger partial charge in [0.25, 0.3) is 5.56 Å². The lowest BCUT2D eigenvalue weighted by molar-refractivity contribution is -0.116. The number of amides is 1. The lowest BCUT2D eigenvalue weighted by Gasteiger charge is -2.34. The molecular formula is C14H18N6O2S. The van der Waals surface area contributed by atoms with Crippen LogP contribution < -0.4 is 15.8 Å². The van der Waals surface area contributed by atoms with E-state index in [-0.39, 0.29) is 11.5 Å². The molecule has 1 aliphatic heterocycles. The molecule has 3 rings (SSSR count). The molecule has 2 aromatic heterocycles. The molecule has 3 heterocycles. The van der Waals surface area contributed by atoms with Crippen molar-refractivity contribution >= 4 is 28.2 Å². The van der Waals surface area contributed by atoms with Gasteiger partial charge in [-0.3, -0.25) is 14.5 Å². The van der Waals surface area contributed by atoms with Crippen LogP contribution in [0.3, 0.4) is 0 Å². The van der Waals surface area contributed by atoms with Crippen LogP contribution in [0, 0.1) is 0 Å². The van der Waals surface area contributed by atoms with Gasteiger partial charge in [0.2, 0.25) is 5.91 Å². The molecule has 2 N–H and O–H groups in total. The van der Waals surface area contributed by atoms with Gasteiger partial charge in [-0.1, -0.05) is 0 Å². The summed E-state index contributed by atoms with van der Waals surface area (Å²) in [5.41, 5.74) is -0.163. The van der Waals surface area contributed by atoms with E-state index < -0.39 is 0 Å². The van der Waals surface area contributed by atoms with Crippen molar-refractivity contribution in [2.45, 2.75) is 6.42 Å². The number of carbonyl (C=O) groups is 1. The summed E-state index contributed by atoms with van der Waals surface area (Å²) in [6.45, 7) is 3.77. The SMILES string of the molecule is O=C(CCN1CCN(c2ncc[nH]c2=O)CC1)Nc1nccs1. The molecule has 0 saturated carbocycles. The molecule has 0 atom stereocenters. The molecular weight excluding hydrogens is 316 g/mol. The van der Waals surface area contributed by atoms with Gasteiger partial charge in [-0.2, -0.15) is 0 Å². The smallest absolute Gasteiger partial charge is 0.290 e. The molecule has 0 spiro atoms. The van der Waals surface area contributed by atoms with E-state index in [1.165, 1.54) is 17.5 Å². The normalized spacial score (nSPS) is 15.6. The first kappa shape index (κ1) is 15.6. The van der Waals surface area contributed by atoms with Crippen LogP contribution in [0.4, 0.5) is 10.9 Å². The van der Waals surface area contributed by atoms with Crippen LogP contribution in [0.2, 0.25) is 0 Å². The minimum absolute atomic E-state index is 0.0245. The third-order valence-corrected chi connectivity index (χ3v) is 4.38. The minimum atomic E-state index is -0.163. The lowest BCUT2D eigenvalue weighted by Crippen LogP contribution is -2.48. The van der Waals surface area contributed by atoms with Gasteiger partial charge in [0.1, 0.15) is 0 Å².